The van der Waals surface area contributed by atoms with Crippen LogP contribution in [0.1, 0.15) is 6.92 Å². The van der Waals surface area contributed by atoms with Gasteiger partial charge in [0.1, 0.15) is 0 Å². The van der Waals surface area contributed by atoms with Gasteiger partial charge in [0.2, 0.25) is 0 Å². The fraction of sp³-hybridized carbons (Fsp3) is 0.300. The molecule has 0 atom stereocenters. The number of aryl methyl sites for hydroxylation is 1. The van der Waals surface area contributed by atoms with Crippen molar-refractivity contribution in [2.24, 2.45) is 0 Å². The monoisotopic (exact) mass is 258 g/mol. The number of rotatable bonds is 2. The summed E-state index contributed by atoms with van der Waals surface area (Å²) in [6.45, 7) is 3.31. The Labute approximate surface area is 88.5 Å². The van der Waals surface area contributed by atoms with Crippen LogP contribution in [0.25, 0.3) is 9.78 Å². The third kappa shape index (κ3) is 1.56. The predicted molar refractivity (Wildman–Crippen MR) is 58.5 cm³/mol. The number of nitrogens with zero attached hydrogens (tertiary/aromatic N) is 1. The molecule has 1 aromatic carbocycles. The Morgan fingerprint density at radius 3 is 2.85 bits per heavy atom. The van der Waals surface area contributed by atoms with Gasteiger partial charge < -0.3 is 0 Å². The first-order valence-corrected chi connectivity index (χ1v) is 7.26. The third-order valence-electron chi connectivity index (χ3n) is 2.06. The van der Waals surface area contributed by atoms with Crippen LogP contribution in [0.4, 0.5) is 0 Å². The number of aromatic nitrogens is 1. The van der Waals surface area contributed by atoms with Gasteiger partial charge in [-0.25, -0.2) is 0 Å². The van der Waals surface area contributed by atoms with Crippen molar-refractivity contribution in [2.45, 2.75) is 17.4 Å². The second-order valence-corrected chi connectivity index (χ2v) is 6.32. The van der Waals surface area contributed by atoms with E-state index >= 15 is 0 Å². The van der Waals surface area contributed by atoms with Crippen molar-refractivity contribution in [3.05, 3.63) is 24.3 Å². The number of fused-ring (bicyclic) bond motifs is 1. The summed E-state index contributed by atoms with van der Waals surface area (Å²) >= 11 is 2.44. The summed E-state index contributed by atoms with van der Waals surface area (Å²) < 4.78 is 5.50. The number of benzene rings is 1. The summed E-state index contributed by atoms with van der Waals surface area (Å²) in [7, 11) is 0. The Morgan fingerprint density at radius 2 is 2.15 bits per heavy atom. The molecule has 0 aliphatic heterocycles. The van der Waals surface area contributed by atoms with Crippen molar-refractivity contribution in [3.63, 3.8) is 0 Å². The topological polar surface area (TPSA) is 3.88 Å². The summed E-state index contributed by atoms with van der Waals surface area (Å²) in [6.07, 6.45) is 2.17. The molecule has 0 N–H and O–H groups in total. The van der Waals surface area contributed by atoms with Gasteiger partial charge in [0.05, 0.1) is 0 Å². The van der Waals surface area contributed by atoms with Crippen LogP contribution in [0.2, 0.25) is 0 Å². The molecule has 0 aliphatic carbocycles. The van der Waals surface area contributed by atoms with Crippen molar-refractivity contribution in [2.75, 3.05) is 6.26 Å². The van der Waals surface area contributed by atoms with Gasteiger partial charge >= 0.3 is 88.5 Å². The molecule has 13 heavy (non-hydrogen) atoms. The van der Waals surface area contributed by atoms with E-state index in [1.54, 1.807) is 0 Å². The van der Waals surface area contributed by atoms with Gasteiger partial charge in [0, 0.05) is 0 Å². The van der Waals surface area contributed by atoms with E-state index in [1.165, 1.54) is 13.7 Å². The first kappa shape index (κ1) is 9.32. The van der Waals surface area contributed by atoms with Crippen LogP contribution in [0.5, 0.6) is 0 Å². The van der Waals surface area contributed by atoms with Crippen molar-refractivity contribution >= 4 is 36.0 Å². The molecule has 1 nitrogen and oxygen atoms in total. The minimum absolute atomic E-state index is 0.548. The van der Waals surface area contributed by atoms with Crippen molar-refractivity contribution in [3.8, 4) is 0 Å². The molecule has 0 radical (unpaired) electrons. The molecule has 2 aromatic rings. The van der Waals surface area contributed by atoms with Gasteiger partial charge in [-0.05, 0) is 0 Å². The standard InChI is InChI=1S/C10H12NSSe/c1-3-11-8-6-4-5-7-9(8)13-10(11)12-2/h4-7H,3H2,1-2H3/q+1. The van der Waals surface area contributed by atoms with E-state index in [-0.39, 0.29) is 0 Å². The fourth-order valence-corrected chi connectivity index (χ4v) is 4.99. The Hall–Kier alpha value is -0.241. The zero-order valence-corrected chi connectivity index (χ0v) is 10.3. The Balaban J connectivity index is 2.73. The van der Waals surface area contributed by atoms with Crippen LogP contribution in [-0.2, 0) is 6.54 Å². The van der Waals surface area contributed by atoms with E-state index in [4.69, 9.17) is 0 Å². The summed E-state index contributed by atoms with van der Waals surface area (Å²) in [6, 6.07) is 8.74. The molecule has 0 unspecified atom stereocenters. The zero-order valence-electron chi connectivity index (χ0n) is 7.78. The first-order chi connectivity index (χ1) is 6.36. The predicted octanol–water partition coefficient (Wildman–Crippen LogP) is 1.93. The Kier molecular flexibility index (Phi) is 2.77. The molecule has 0 bridgehead atoms. The van der Waals surface area contributed by atoms with E-state index in [1.807, 2.05) is 11.8 Å². The van der Waals surface area contributed by atoms with Crippen LogP contribution in [0.3, 0.4) is 0 Å². The molecule has 0 amide bonds. The number of para-hydroxylation sites is 1. The number of hydrogen-bond donors (Lipinski definition) is 0. The molecule has 68 valence electrons. The normalized spacial score (nSPS) is 10.9. The molecular weight excluding hydrogens is 245 g/mol. The third-order valence-corrected chi connectivity index (χ3v) is 6.13. The van der Waals surface area contributed by atoms with Gasteiger partial charge in [-0.1, -0.05) is 0 Å². The van der Waals surface area contributed by atoms with E-state index in [0.717, 1.165) is 6.54 Å². The number of hydrogen-bond acceptors (Lipinski definition) is 1. The Bertz CT molecular complexity index is 422. The van der Waals surface area contributed by atoms with Crippen LogP contribution in [0.15, 0.2) is 28.2 Å². The van der Waals surface area contributed by atoms with Crippen LogP contribution >= 0.6 is 11.8 Å². The molecular formula is C10H12NSSe+. The SMILES string of the molecule is CC[n+]1c(SC)[se]c2ccccc21. The molecule has 0 saturated carbocycles. The average Bonchev–Trinajstić information content (AvgIpc) is 2.55. The summed E-state index contributed by atoms with van der Waals surface area (Å²) in [5.74, 6) is 0. The van der Waals surface area contributed by atoms with E-state index in [0.29, 0.717) is 14.5 Å². The summed E-state index contributed by atoms with van der Waals surface area (Å²) in [5.41, 5.74) is 1.43. The van der Waals surface area contributed by atoms with Crippen LogP contribution in [0, 0.1) is 0 Å². The summed E-state index contributed by atoms with van der Waals surface area (Å²) in [4.78, 5) is 0. The maximum atomic E-state index is 2.43. The minimum atomic E-state index is 0.548. The fourth-order valence-electron chi connectivity index (χ4n) is 1.47. The molecule has 2 rings (SSSR count). The number of thioether (sulfide) groups is 1. The van der Waals surface area contributed by atoms with Gasteiger partial charge in [0.15, 0.2) is 0 Å². The first-order valence-electron chi connectivity index (χ1n) is 4.32. The van der Waals surface area contributed by atoms with E-state index < -0.39 is 0 Å². The van der Waals surface area contributed by atoms with Gasteiger partial charge in [-0.15, -0.1) is 0 Å². The molecule has 0 saturated heterocycles. The van der Waals surface area contributed by atoms with Gasteiger partial charge in [-0.3, -0.25) is 0 Å². The molecule has 1 heterocycles. The Morgan fingerprint density at radius 1 is 1.38 bits per heavy atom. The maximum absolute atomic E-state index is 2.43. The van der Waals surface area contributed by atoms with Crippen molar-refractivity contribution < 1.29 is 4.57 Å². The molecule has 0 fully saturated rings. The van der Waals surface area contributed by atoms with Gasteiger partial charge in [0.25, 0.3) is 0 Å². The second kappa shape index (κ2) is 3.87. The summed E-state index contributed by atoms with van der Waals surface area (Å²) in [5, 5.41) is 0. The van der Waals surface area contributed by atoms with Crippen LogP contribution < -0.4 is 4.57 Å². The second-order valence-electron chi connectivity index (χ2n) is 2.78. The molecule has 0 spiro atoms. The van der Waals surface area contributed by atoms with Crippen LogP contribution in [-0.4, -0.2) is 20.8 Å². The van der Waals surface area contributed by atoms with E-state index in [9.17, 15) is 0 Å². The van der Waals surface area contributed by atoms with Crippen molar-refractivity contribution in [1.82, 2.24) is 0 Å². The van der Waals surface area contributed by atoms with E-state index in [2.05, 4.69) is 42.0 Å². The molecule has 0 aliphatic rings. The molecule has 1 aromatic heterocycles. The van der Waals surface area contributed by atoms with Crippen molar-refractivity contribution in [1.29, 1.82) is 0 Å². The average molecular weight is 257 g/mol. The quantitative estimate of drug-likeness (QED) is 0.451. The van der Waals surface area contributed by atoms with Gasteiger partial charge in [-0.2, -0.15) is 0 Å². The zero-order chi connectivity index (χ0) is 9.26. The molecule has 3 heteroatoms.